The molecule has 1 aromatic heterocycles. The molecule has 6 nitrogen and oxygen atoms in total. The molecule has 27 heavy (non-hydrogen) atoms. The molecule has 1 amide bonds. The van der Waals surface area contributed by atoms with E-state index in [-0.39, 0.29) is 12.0 Å². The molecule has 7 heteroatoms. The molecule has 0 aliphatic heterocycles. The molecule has 0 saturated heterocycles. The Morgan fingerprint density at radius 1 is 1.30 bits per heavy atom. The molecule has 0 unspecified atom stereocenters. The zero-order chi connectivity index (χ0) is 20.2. The summed E-state index contributed by atoms with van der Waals surface area (Å²) >= 11 is 1.39. The van der Waals surface area contributed by atoms with Gasteiger partial charge in [-0.1, -0.05) is 27.2 Å². The van der Waals surface area contributed by atoms with Crippen molar-refractivity contribution in [3.8, 4) is 0 Å². The maximum atomic E-state index is 12.5. The van der Waals surface area contributed by atoms with Gasteiger partial charge >= 0.3 is 11.9 Å². The van der Waals surface area contributed by atoms with Gasteiger partial charge in [0.1, 0.15) is 5.00 Å². The lowest BCUT2D eigenvalue weighted by Crippen LogP contribution is -2.28. The average Bonchev–Trinajstić information content (AvgIpc) is 2.97. The van der Waals surface area contributed by atoms with Gasteiger partial charge in [0.2, 0.25) is 5.91 Å². The molecule has 2 N–H and O–H groups in total. The van der Waals surface area contributed by atoms with E-state index < -0.39 is 17.8 Å². The number of ether oxygens (including phenoxy) is 1. The quantitative estimate of drug-likeness (QED) is 0.539. The number of carbonyl (C=O) groups excluding carboxylic acids is 2. The normalized spacial score (nSPS) is 16.8. The topological polar surface area (TPSA) is 92.7 Å². The second-order valence-corrected chi connectivity index (χ2v) is 8.48. The summed E-state index contributed by atoms with van der Waals surface area (Å²) in [4.78, 5) is 36.2. The van der Waals surface area contributed by atoms with Crippen molar-refractivity contribution in [2.45, 2.75) is 53.4 Å². The number of thiophene rings is 1. The number of amides is 1. The first-order valence-corrected chi connectivity index (χ1v) is 10.0. The van der Waals surface area contributed by atoms with Gasteiger partial charge in [-0.3, -0.25) is 4.79 Å². The predicted octanol–water partition coefficient (Wildman–Crippen LogP) is 4.05. The fourth-order valence-corrected chi connectivity index (χ4v) is 4.67. The molecular weight excluding hydrogens is 366 g/mol. The highest BCUT2D eigenvalue weighted by atomic mass is 32.1. The maximum Gasteiger partial charge on any atom is 0.341 e. The Kier molecular flexibility index (Phi) is 6.81. The van der Waals surface area contributed by atoms with Crippen molar-refractivity contribution in [1.29, 1.82) is 0 Å². The molecule has 1 aliphatic carbocycles. The van der Waals surface area contributed by atoms with Crippen molar-refractivity contribution >= 4 is 34.2 Å². The molecule has 1 aromatic rings. The first-order valence-electron chi connectivity index (χ1n) is 9.23. The van der Waals surface area contributed by atoms with Crippen LogP contribution in [-0.4, -0.2) is 29.6 Å². The Balaban J connectivity index is 2.35. The maximum absolute atomic E-state index is 12.5. The van der Waals surface area contributed by atoms with Gasteiger partial charge in [0.05, 0.1) is 12.2 Å². The molecule has 0 saturated carbocycles. The third-order valence-corrected chi connectivity index (χ3v) is 6.55. The van der Waals surface area contributed by atoms with Crippen molar-refractivity contribution in [2.75, 3.05) is 11.9 Å². The van der Waals surface area contributed by atoms with Crippen LogP contribution in [0.2, 0.25) is 0 Å². The molecule has 148 valence electrons. The standard InChI is InChI=1S/C20H27NO5S/c1-5-20(3,4)12-7-8-13-14(11-12)27-18(17(13)19(25)26-6-2)21-15(22)9-10-16(23)24/h9-10,12H,5-8,11H2,1-4H3,(H,21,22)(H,23,24)/b10-9+/t12-/m0/s1. The van der Waals surface area contributed by atoms with Gasteiger partial charge in [0, 0.05) is 17.0 Å². The summed E-state index contributed by atoms with van der Waals surface area (Å²) < 4.78 is 5.19. The molecule has 2 rings (SSSR count). The Hall–Kier alpha value is -2.15. The first-order chi connectivity index (χ1) is 12.7. The van der Waals surface area contributed by atoms with E-state index in [1.165, 1.54) is 11.3 Å². The van der Waals surface area contributed by atoms with Gasteiger partial charge in [-0.2, -0.15) is 0 Å². The summed E-state index contributed by atoms with van der Waals surface area (Å²) in [6.45, 7) is 8.71. The smallest absolute Gasteiger partial charge is 0.341 e. The van der Waals surface area contributed by atoms with Gasteiger partial charge in [-0.15, -0.1) is 11.3 Å². The number of hydrogen-bond donors (Lipinski definition) is 2. The van der Waals surface area contributed by atoms with Crippen molar-refractivity contribution in [2.24, 2.45) is 11.3 Å². The Morgan fingerprint density at radius 2 is 2.00 bits per heavy atom. The van der Waals surface area contributed by atoms with Crippen LogP contribution in [0.25, 0.3) is 0 Å². The molecule has 0 bridgehead atoms. The number of hydrogen-bond acceptors (Lipinski definition) is 5. The lowest BCUT2D eigenvalue weighted by atomic mass is 9.69. The van der Waals surface area contributed by atoms with Crippen LogP contribution in [0.3, 0.4) is 0 Å². The summed E-state index contributed by atoms with van der Waals surface area (Å²) in [5.41, 5.74) is 1.58. The third-order valence-electron chi connectivity index (χ3n) is 5.38. The van der Waals surface area contributed by atoms with E-state index in [2.05, 4.69) is 26.1 Å². The Bertz CT molecular complexity index is 763. The molecule has 0 radical (unpaired) electrons. The van der Waals surface area contributed by atoms with Crippen LogP contribution in [0.15, 0.2) is 12.2 Å². The molecule has 0 aromatic carbocycles. The fraction of sp³-hybridized carbons (Fsp3) is 0.550. The van der Waals surface area contributed by atoms with E-state index in [0.29, 0.717) is 16.5 Å². The highest BCUT2D eigenvalue weighted by Gasteiger charge is 2.35. The number of carboxylic acid groups (broad SMARTS) is 1. The number of rotatable bonds is 7. The van der Waals surface area contributed by atoms with Gasteiger partial charge < -0.3 is 15.2 Å². The van der Waals surface area contributed by atoms with Gasteiger partial charge in [-0.25, -0.2) is 9.59 Å². The minimum atomic E-state index is -1.20. The highest BCUT2D eigenvalue weighted by Crippen LogP contribution is 2.45. The predicted molar refractivity (Wildman–Crippen MR) is 105 cm³/mol. The second kappa shape index (κ2) is 8.69. The summed E-state index contributed by atoms with van der Waals surface area (Å²) in [6, 6.07) is 0. The van der Waals surface area contributed by atoms with E-state index in [1.807, 2.05) is 0 Å². The number of fused-ring (bicyclic) bond motifs is 1. The first kappa shape index (κ1) is 21.2. The molecule has 0 fully saturated rings. The summed E-state index contributed by atoms with van der Waals surface area (Å²) in [5.74, 6) is -1.71. The van der Waals surface area contributed by atoms with Crippen molar-refractivity contribution < 1.29 is 24.2 Å². The van der Waals surface area contributed by atoms with Crippen molar-refractivity contribution in [1.82, 2.24) is 0 Å². The zero-order valence-electron chi connectivity index (χ0n) is 16.3. The Morgan fingerprint density at radius 3 is 2.59 bits per heavy atom. The van der Waals surface area contributed by atoms with Gasteiger partial charge in [0.15, 0.2) is 0 Å². The molecular formula is C20H27NO5S. The number of esters is 1. The van der Waals surface area contributed by atoms with Crippen LogP contribution in [0.5, 0.6) is 0 Å². The minimum Gasteiger partial charge on any atom is -0.478 e. The van der Waals surface area contributed by atoms with Crippen molar-refractivity contribution in [3.63, 3.8) is 0 Å². The Labute approximate surface area is 163 Å². The summed E-state index contributed by atoms with van der Waals surface area (Å²) in [5, 5.41) is 11.8. The van der Waals surface area contributed by atoms with Crippen molar-refractivity contribution in [3.05, 3.63) is 28.2 Å². The van der Waals surface area contributed by atoms with Gasteiger partial charge in [-0.05, 0) is 43.1 Å². The number of nitrogens with one attached hydrogen (secondary N) is 1. The zero-order valence-corrected chi connectivity index (χ0v) is 17.1. The van der Waals surface area contributed by atoms with Crippen LogP contribution in [0.1, 0.15) is 61.3 Å². The number of anilines is 1. The van der Waals surface area contributed by atoms with E-state index in [4.69, 9.17) is 9.84 Å². The van der Waals surface area contributed by atoms with Crippen LogP contribution in [0.4, 0.5) is 5.00 Å². The van der Waals surface area contributed by atoms with Crippen LogP contribution < -0.4 is 5.32 Å². The lowest BCUT2D eigenvalue weighted by molar-refractivity contribution is -0.131. The highest BCUT2D eigenvalue weighted by molar-refractivity contribution is 7.17. The van der Waals surface area contributed by atoms with Gasteiger partial charge in [0.25, 0.3) is 0 Å². The summed E-state index contributed by atoms with van der Waals surface area (Å²) in [7, 11) is 0. The average molecular weight is 394 g/mol. The van der Waals surface area contributed by atoms with Crippen LogP contribution in [-0.2, 0) is 27.2 Å². The number of carbonyl (C=O) groups is 3. The molecule has 1 aliphatic rings. The molecule has 1 heterocycles. The monoisotopic (exact) mass is 393 g/mol. The van der Waals surface area contributed by atoms with E-state index in [9.17, 15) is 14.4 Å². The molecule has 1 atom stereocenters. The third kappa shape index (κ3) is 4.97. The SMILES string of the molecule is CCOC(=O)c1c(NC(=O)/C=C/C(=O)O)sc2c1CC[C@H](C(C)(C)CC)C2. The lowest BCUT2D eigenvalue weighted by Gasteiger charge is -2.36. The van der Waals surface area contributed by atoms with E-state index in [0.717, 1.165) is 48.3 Å². The number of aliphatic carboxylic acids is 1. The second-order valence-electron chi connectivity index (χ2n) is 7.37. The minimum absolute atomic E-state index is 0.208. The largest absolute Gasteiger partial charge is 0.478 e. The van der Waals surface area contributed by atoms with E-state index in [1.54, 1.807) is 6.92 Å². The van der Waals surface area contributed by atoms with Crippen LogP contribution in [0, 0.1) is 11.3 Å². The summed E-state index contributed by atoms with van der Waals surface area (Å²) in [6.07, 6.45) is 5.42. The van der Waals surface area contributed by atoms with E-state index >= 15 is 0 Å². The number of carboxylic acids is 1. The van der Waals surface area contributed by atoms with Crippen LogP contribution >= 0.6 is 11.3 Å². The fourth-order valence-electron chi connectivity index (χ4n) is 3.35. The molecule has 0 spiro atoms.